The predicted octanol–water partition coefficient (Wildman–Crippen LogP) is 5.43. The lowest BCUT2D eigenvalue weighted by atomic mass is 9.88. The molecule has 1 aliphatic heterocycles. The predicted molar refractivity (Wildman–Crippen MR) is 115 cm³/mol. The molecule has 0 spiro atoms. The van der Waals surface area contributed by atoms with Crippen molar-refractivity contribution in [3.8, 4) is 0 Å². The van der Waals surface area contributed by atoms with E-state index in [1.807, 2.05) is 24.3 Å². The molecule has 1 saturated heterocycles. The molecule has 0 unspecified atom stereocenters. The average Bonchev–Trinajstić information content (AvgIpc) is 3.12. The number of rotatable bonds is 4. The van der Waals surface area contributed by atoms with Crippen LogP contribution in [0.25, 0.3) is 0 Å². The van der Waals surface area contributed by atoms with Gasteiger partial charge in [0.15, 0.2) is 0 Å². The van der Waals surface area contributed by atoms with Crippen LogP contribution in [-0.4, -0.2) is 17.6 Å². The minimum absolute atomic E-state index is 0.0418. The number of nitrogens with zero attached hydrogens (tertiary/aromatic N) is 1. The Bertz CT molecular complexity index is 927. The minimum atomic E-state index is -0.320. The first-order chi connectivity index (χ1) is 14.0. The van der Waals surface area contributed by atoms with Gasteiger partial charge >= 0.3 is 0 Å². The molecule has 1 N–H and O–H groups in total. The molecule has 1 saturated carbocycles. The molecule has 6 heteroatoms. The Morgan fingerprint density at radius 3 is 2.69 bits per heavy atom. The quantitative estimate of drug-likeness (QED) is 0.728. The van der Waals surface area contributed by atoms with Crippen LogP contribution in [0.3, 0.4) is 0 Å². The fourth-order valence-corrected chi connectivity index (χ4v) is 5.23. The van der Waals surface area contributed by atoms with Gasteiger partial charge in [-0.2, -0.15) is 0 Å². The van der Waals surface area contributed by atoms with Gasteiger partial charge in [-0.25, -0.2) is 4.39 Å². The average molecular weight is 413 g/mol. The Kier molecular flexibility index (Phi) is 5.90. The molecule has 29 heavy (non-hydrogen) atoms. The lowest BCUT2D eigenvalue weighted by molar-refractivity contribution is -0.120. The highest BCUT2D eigenvalue weighted by Gasteiger charge is 2.34. The molecule has 0 aromatic heterocycles. The first kappa shape index (κ1) is 20.0. The molecule has 2 aliphatic rings. The van der Waals surface area contributed by atoms with Crippen molar-refractivity contribution in [3.05, 3.63) is 59.4 Å². The fourth-order valence-electron chi connectivity index (χ4n) is 4.06. The van der Waals surface area contributed by atoms with E-state index in [1.165, 1.54) is 24.2 Å². The van der Waals surface area contributed by atoms with E-state index in [-0.39, 0.29) is 28.9 Å². The molecule has 2 amide bonds. The van der Waals surface area contributed by atoms with Gasteiger partial charge in [0.2, 0.25) is 11.8 Å². The Morgan fingerprint density at radius 1 is 1.14 bits per heavy atom. The Balaban J connectivity index is 1.55. The summed E-state index contributed by atoms with van der Waals surface area (Å²) in [6, 6.07) is 12.5. The number of anilines is 2. The van der Waals surface area contributed by atoms with Crippen LogP contribution in [0, 0.1) is 18.7 Å². The highest BCUT2D eigenvalue weighted by molar-refractivity contribution is 8.00. The summed E-state index contributed by atoms with van der Waals surface area (Å²) in [7, 11) is 0. The molecule has 2 fully saturated rings. The molecule has 1 heterocycles. The zero-order valence-electron chi connectivity index (χ0n) is 16.5. The molecular weight excluding hydrogens is 387 g/mol. The Morgan fingerprint density at radius 2 is 1.93 bits per heavy atom. The third-order valence-electron chi connectivity index (χ3n) is 5.72. The summed E-state index contributed by atoms with van der Waals surface area (Å²) in [5.74, 6) is 0.148. The van der Waals surface area contributed by atoms with E-state index in [9.17, 15) is 14.0 Å². The second-order valence-corrected chi connectivity index (χ2v) is 8.88. The van der Waals surface area contributed by atoms with Crippen LogP contribution >= 0.6 is 11.8 Å². The van der Waals surface area contributed by atoms with Crippen molar-refractivity contribution in [1.29, 1.82) is 0 Å². The second kappa shape index (κ2) is 8.57. The van der Waals surface area contributed by atoms with Crippen LogP contribution in [0.4, 0.5) is 15.8 Å². The van der Waals surface area contributed by atoms with Crippen LogP contribution in [0.15, 0.2) is 42.5 Å². The molecular formula is C23H25FN2O2S. The summed E-state index contributed by atoms with van der Waals surface area (Å²) in [5.41, 5.74) is 2.78. The van der Waals surface area contributed by atoms with Gasteiger partial charge in [0.25, 0.3) is 0 Å². The smallest absolute Gasteiger partial charge is 0.238 e. The normalized spacial score (nSPS) is 20.1. The molecule has 2 aromatic rings. The van der Waals surface area contributed by atoms with Crippen LogP contribution in [0.5, 0.6) is 0 Å². The zero-order chi connectivity index (χ0) is 20.4. The lowest BCUT2D eigenvalue weighted by Crippen LogP contribution is -2.28. The van der Waals surface area contributed by atoms with Gasteiger partial charge in [0, 0.05) is 17.3 Å². The van der Waals surface area contributed by atoms with E-state index in [0.29, 0.717) is 17.0 Å². The van der Waals surface area contributed by atoms with Crippen LogP contribution in [-0.2, 0) is 9.59 Å². The number of carbonyl (C=O) groups excluding carboxylic acids is 2. The molecule has 1 aliphatic carbocycles. The Hall–Kier alpha value is -2.34. The molecule has 2 aromatic carbocycles. The Labute approximate surface area is 174 Å². The van der Waals surface area contributed by atoms with E-state index in [2.05, 4.69) is 5.32 Å². The maximum absolute atomic E-state index is 14.1. The number of halogens is 1. The first-order valence-electron chi connectivity index (χ1n) is 10.1. The van der Waals surface area contributed by atoms with Crippen LogP contribution in [0.2, 0.25) is 0 Å². The maximum Gasteiger partial charge on any atom is 0.238 e. The largest absolute Gasteiger partial charge is 0.326 e. The van der Waals surface area contributed by atoms with Gasteiger partial charge in [-0.3, -0.25) is 14.5 Å². The van der Waals surface area contributed by atoms with E-state index in [1.54, 1.807) is 24.0 Å². The number of aryl methyl sites for hydroxylation is 1. The minimum Gasteiger partial charge on any atom is -0.326 e. The van der Waals surface area contributed by atoms with Gasteiger partial charge in [-0.1, -0.05) is 37.5 Å². The van der Waals surface area contributed by atoms with Crippen LogP contribution < -0.4 is 10.2 Å². The standard InChI is InChI=1S/C23H25FN2O2S/c1-15-10-11-19(13-20(15)24)26-21(27)14-29-23(26)17-8-5-9-18(12-17)25-22(28)16-6-3-2-4-7-16/h5,8-13,16,23H,2-4,6-7,14H2,1H3,(H,25,28)/t23-/m0/s1. The van der Waals surface area contributed by atoms with Gasteiger partial charge in [0.1, 0.15) is 11.2 Å². The van der Waals surface area contributed by atoms with Crippen molar-refractivity contribution in [2.24, 2.45) is 5.92 Å². The highest BCUT2D eigenvalue weighted by atomic mass is 32.2. The number of nitrogens with one attached hydrogen (secondary N) is 1. The third kappa shape index (κ3) is 4.32. The summed E-state index contributed by atoms with van der Waals surface area (Å²) in [6.07, 6.45) is 5.33. The van der Waals surface area contributed by atoms with E-state index in [4.69, 9.17) is 0 Å². The SMILES string of the molecule is Cc1ccc(N2C(=O)CS[C@H]2c2cccc(NC(=O)C3CCCCC3)c2)cc1F. The van der Waals surface area contributed by atoms with Crippen molar-refractivity contribution in [3.63, 3.8) is 0 Å². The number of amides is 2. The number of carbonyl (C=O) groups is 2. The zero-order valence-corrected chi connectivity index (χ0v) is 17.3. The van der Waals surface area contributed by atoms with Crippen molar-refractivity contribution in [2.45, 2.75) is 44.4 Å². The van der Waals surface area contributed by atoms with E-state index >= 15 is 0 Å². The summed E-state index contributed by atoms with van der Waals surface area (Å²) in [5, 5.41) is 2.81. The molecule has 0 radical (unpaired) electrons. The summed E-state index contributed by atoms with van der Waals surface area (Å²) < 4.78 is 14.1. The van der Waals surface area contributed by atoms with Crippen molar-refractivity contribution in [1.82, 2.24) is 0 Å². The first-order valence-corrected chi connectivity index (χ1v) is 11.2. The molecule has 0 bridgehead atoms. The second-order valence-electron chi connectivity index (χ2n) is 7.81. The summed E-state index contributed by atoms with van der Waals surface area (Å²) in [4.78, 5) is 26.8. The number of benzene rings is 2. The lowest BCUT2D eigenvalue weighted by Gasteiger charge is -2.25. The molecule has 4 rings (SSSR count). The highest BCUT2D eigenvalue weighted by Crippen LogP contribution is 2.42. The van der Waals surface area contributed by atoms with E-state index < -0.39 is 0 Å². The van der Waals surface area contributed by atoms with Crippen molar-refractivity contribution >= 4 is 35.0 Å². The number of hydrogen-bond acceptors (Lipinski definition) is 3. The molecule has 4 nitrogen and oxygen atoms in total. The van der Waals surface area contributed by atoms with Crippen molar-refractivity contribution < 1.29 is 14.0 Å². The summed E-state index contributed by atoms with van der Waals surface area (Å²) >= 11 is 1.51. The maximum atomic E-state index is 14.1. The monoisotopic (exact) mass is 412 g/mol. The van der Waals surface area contributed by atoms with Gasteiger partial charge in [0.05, 0.1) is 5.75 Å². The van der Waals surface area contributed by atoms with Crippen molar-refractivity contribution in [2.75, 3.05) is 16.0 Å². The van der Waals surface area contributed by atoms with E-state index in [0.717, 1.165) is 36.9 Å². The third-order valence-corrected chi connectivity index (χ3v) is 6.93. The fraction of sp³-hybridized carbons (Fsp3) is 0.391. The molecule has 152 valence electrons. The van der Waals surface area contributed by atoms with Gasteiger partial charge in [-0.15, -0.1) is 11.8 Å². The summed E-state index contributed by atoms with van der Waals surface area (Å²) in [6.45, 7) is 1.70. The van der Waals surface area contributed by atoms with Gasteiger partial charge in [-0.05, 0) is 55.2 Å². The molecule has 1 atom stereocenters. The topological polar surface area (TPSA) is 49.4 Å². The van der Waals surface area contributed by atoms with Gasteiger partial charge < -0.3 is 5.32 Å². The van der Waals surface area contributed by atoms with Crippen LogP contribution in [0.1, 0.15) is 48.6 Å². The number of hydrogen-bond donors (Lipinski definition) is 1. The number of thioether (sulfide) groups is 1.